The van der Waals surface area contributed by atoms with Gasteiger partial charge < -0.3 is 14.9 Å². The number of aliphatic hydroxyl groups excluding tert-OH is 1. The summed E-state index contributed by atoms with van der Waals surface area (Å²) in [4.78, 5) is 10.6. The van der Waals surface area contributed by atoms with Gasteiger partial charge >= 0.3 is 5.97 Å². The molecule has 2 aliphatic heterocycles. The number of benzene rings is 1. The molecule has 6 atom stereocenters. The molecule has 0 saturated carbocycles. The van der Waals surface area contributed by atoms with Crippen LogP contribution in [0, 0.1) is 11.8 Å². The number of rotatable bonds is 9. The van der Waals surface area contributed by atoms with Crippen LogP contribution < -0.4 is 0 Å². The molecule has 2 fully saturated rings. The largest absolute Gasteiger partial charge is 0.481 e. The summed E-state index contributed by atoms with van der Waals surface area (Å²) in [6, 6.07) is 8.54. The minimum Gasteiger partial charge on any atom is -0.481 e. The smallest absolute Gasteiger partial charge is 0.303 e. The highest BCUT2D eigenvalue weighted by molar-refractivity contribution is 5.66. The van der Waals surface area contributed by atoms with Gasteiger partial charge in [0.1, 0.15) is 0 Å². The van der Waals surface area contributed by atoms with Crippen LogP contribution in [0.25, 0.3) is 0 Å². The molecule has 3 aliphatic rings. The third-order valence-corrected chi connectivity index (χ3v) is 7.18. The van der Waals surface area contributed by atoms with Crippen LogP contribution in [-0.2, 0) is 16.0 Å². The molecule has 4 nitrogen and oxygen atoms in total. The number of fused-ring (bicyclic) bond motifs is 3. The monoisotopic (exact) mass is 410 g/mol. The van der Waals surface area contributed by atoms with Gasteiger partial charge in [-0.2, -0.15) is 0 Å². The minimum atomic E-state index is -0.728. The average Bonchev–Trinajstić information content (AvgIpc) is 3.35. The van der Waals surface area contributed by atoms with E-state index in [1.165, 1.54) is 11.1 Å². The zero-order chi connectivity index (χ0) is 20.9. The van der Waals surface area contributed by atoms with Gasteiger partial charge in [0, 0.05) is 18.3 Å². The maximum atomic E-state index is 11.0. The Bertz CT molecular complexity index is 783. The van der Waals surface area contributed by atoms with Gasteiger partial charge in [-0.15, -0.1) is 0 Å². The predicted octanol–water partition coefficient (Wildman–Crippen LogP) is 5.02. The molecular formula is C26H34O4. The van der Waals surface area contributed by atoms with Crippen molar-refractivity contribution in [2.45, 2.75) is 82.0 Å². The van der Waals surface area contributed by atoms with Gasteiger partial charge in [-0.05, 0) is 68.4 Å². The summed E-state index contributed by atoms with van der Waals surface area (Å²) >= 11 is 0. The zero-order valence-electron chi connectivity index (χ0n) is 17.7. The second-order valence-corrected chi connectivity index (χ2v) is 9.10. The molecule has 1 aliphatic carbocycles. The SMILES string of the molecule is O=C(O)CCC/C=C\C[C@@H]1[C@H](/C=C/C(O)C2CCCc3ccccc32)[C@H]2CC[C@H]1O2. The number of carbonyl (C=O) groups is 1. The van der Waals surface area contributed by atoms with Crippen LogP contribution in [0.1, 0.15) is 68.4 Å². The van der Waals surface area contributed by atoms with Gasteiger partial charge in [0.2, 0.25) is 0 Å². The topological polar surface area (TPSA) is 66.8 Å². The first-order chi connectivity index (χ1) is 14.6. The Hall–Kier alpha value is -1.91. The van der Waals surface area contributed by atoms with Crippen molar-refractivity contribution < 1.29 is 19.7 Å². The van der Waals surface area contributed by atoms with E-state index in [0.29, 0.717) is 24.4 Å². The lowest BCUT2D eigenvalue weighted by molar-refractivity contribution is -0.137. The van der Waals surface area contributed by atoms with Gasteiger partial charge in [0.05, 0.1) is 18.3 Å². The number of hydrogen-bond donors (Lipinski definition) is 2. The molecule has 0 amide bonds. The van der Waals surface area contributed by atoms with Crippen molar-refractivity contribution in [3.63, 3.8) is 0 Å². The Kier molecular flexibility index (Phi) is 7.06. The summed E-state index contributed by atoms with van der Waals surface area (Å²) in [6.45, 7) is 0. The normalized spacial score (nSPS) is 31.4. The molecule has 2 unspecified atom stereocenters. The summed E-state index contributed by atoms with van der Waals surface area (Å²) in [5.74, 6) is 0.287. The molecule has 2 saturated heterocycles. The molecule has 30 heavy (non-hydrogen) atoms. The van der Waals surface area contributed by atoms with E-state index in [1.54, 1.807) is 0 Å². The predicted molar refractivity (Wildman–Crippen MR) is 117 cm³/mol. The van der Waals surface area contributed by atoms with Crippen LogP contribution in [0.15, 0.2) is 48.6 Å². The fraction of sp³-hybridized carbons (Fsp3) is 0.577. The molecule has 0 radical (unpaired) electrons. The second kappa shape index (κ2) is 9.93. The van der Waals surface area contributed by atoms with Crippen LogP contribution in [0.3, 0.4) is 0 Å². The molecular weight excluding hydrogens is 376 g/mol. The van der Waals surface area contributed by atoms with Crippen molar-refractivity contribution >= 4 is 5.97 Å². The van der Waals surface area contributed by atoms with Crippen molar-refractivity contribution in [3.05, 3.63) is 59.7 Å². The Morgan fingerprint density at radius 3 is 2.87 bits per heavy atom. The fourth-order valence-electron chi connectivity index (χ4n) is 5.65. The van der Waals surface area contributed by atoms with Crippen molar-refractivity contribution in [1.29, 1.82) is 0 Å². The summed E-state index contributed by atoms with van der Waals surface area (Å²) in [5, 5.41) is 19.7. The molecule has 4 rings (SSSR count). The van der Waals surface area contributed by atoms with E-state index in [2.05, 4.69) is 42.5 Å². The van der Waals surface area contributed by atoms with E-state index in [4.69, 9.17) is 9.84 Å². The zero-order valence-corrected chi connectivity index (χ0v) is 17.7. The lowest BCUT2D eigenvalue weighted by Crippen LogP contribution is -2.26. The van der Waals surface area contributed by atoms with Crippen LogP contribution in [0.2, 0.25) is 0 Å². The number of carboxylic acid groups (broad SMARTS) is 1. The van der Waals surface area contributed by atoms with Gasteiger partial charge in [0.25, 0.3) is 0 Å². The number of hydrogen-bond acceptors (Lipinski definition) is 3. The Balaban J connectivity index is 1.36. The molecule has 4 heteroatoms. The summed E-state index contributed by atoms with van der Waals surface area (Å²) < 4.78 is 6.20. The first-order valence-corrected chi connectivity index (χ1v) is 11.6. The molecule has 1 aromatic carbocycles. The third-order valence-electron chi connectivity index (χ3n) is 7.18. The third kappa shape index (κ3) is 4.87. The summed E-state index contributed by atoms with van der Waals surface area (Å²) in [5.41, 5.74) is 2.70. The van der Waals surface area contributed by atoms with Crippen LogP contribution in [0.5, 0.6) is 0 Å². The van der Waals surface area contributed by atoms with Crippen molar-refractivity contribution in [3.8, 4) is 0 Å². The highest BCUT2D eigenvalue weighted by Crippen LogP contribution is 2.46. The van der Waals surface area contributed by atoms with E-state index in [0.717, 1.165) is 44.9 Å². The number of aryl methyl sites for hydroxylation is 1. The van der Waals surface area contributed by atoms with E-state index < -0.39 is 12.1 Å². The molecule has 162 valence electrons. The van der Waals surface area contributed by atoms with E-state index in [-0.39, 0.29) is 18.4 Å². The van der Waals surface area contributed by atoms with Crippen LogP contribution >= 0.6 is 0 Å². The van der Waals surface area contributed by atoms with Gasteiger partial charge in [-0.25, -0.2) is 0 Å². The van der Waals surface area contributed by atoms with Gasteiger partial charge in [0.15, 0.2) is 0 Å². The fourth-order valence-corrected chi connectivity index (χ4v) is 5.65. The average molecular weight is 411 g/mol. The second-order valence-electron chi connectivity index (χ2n) is 9.10. The van der Waals surface area contributed by atoms with Crippen LogP contribution in [-0.4, -0.2) is 34.5 Å². The van der Waals surface area contributed by atoms with Gasteiger partial charge in [-0.1, -0.05) is 48.6 Å². The maximum absolute atomic E-state index is 11.0. The molecule has 2 bridgehead atoms. The van der Waals surface area contributed by atoms with Crippen molar-refractivity contribution in [1.82, 2.24) is 0 Å². The van der Waals surface area contributed by atoms with E-state index >= 15 is 0 Å². The molecule has 1 aromatic rings. The van der Waals surface area contributed by atoms with Crippen LogP contribution in [0.4, 0.5) is 0 Å². The quantitative estimate of drug-likeness (QED) is 0.443. The lowest BCUT2D eigenvalue weighted by Gasteiger charge is -2.29. The molecule has 0 spiro atoms. The summed E-state index contributed by atoms with van der Waals surface area (Å²) in [7, 11) is 0. The maximum Gasteiger partial charge on any atom is 0.303 e. The number of unbranched alkanes of at least 4 members (excludes halogenated alkanes) is 1. The number of aliphatic hydroxyl groups is 1. The highest BCUT2D eigenvalue weighted by atomic mass is 16.5. The highest BCUT2D eigenvalue weighted by Gasteiger charge is 2.47. The lowest BCUT2D eigenvalue weighted by atomic mass is 9.76. The van der Waals surface area contributed by atoms with E-state index in [1.807, 2.05) is 6.08 Å². The molecule has 2 heterocycles. The van der Waals surface area contributed by atoms with E-state index in [9.17, 15) is 9.90 Å². The number of carboxylic acids is 1. The first-order valence-electron chi connectivity index (χ1n) is 11.6. The number of aliphatic carboxylic acids is 1. The summed E-state index contributed by atoms with van der Waals surface area (Å²) in [6.07, 6.45) is 17.0. The standard InChI is InChI=1S/C26H34O4/c27-23(20-12-7-9-18-8-5-6-10-19(18)20)15-14-22-21(24-16-17-25(22)30-24)11-3-1-2-4-13-26(28)29/h1,3,5-6,8,10,14-15,20-25,27H,2,4,7,9,11-13,16-17H2,(H,28,29)/b3-1-,15-14+/t20?,21-,22+,23?,24-,25-/m1/s1. The van der Waals surface area contributed by atoms with Gasteiger partial charge in [-0.3, -0.25) is 4.79 Å². The Morgan fingerprint density at radius 2 is 2.00 bits per heavy atom. The Morgan fingerprint density at radius 1 is 1.17 bits per heavy atom. The molecule has 0 aromatic heterocycles. The minimum absolute atomic E-state index is 0.193. The number of allylic oxidation sites excluding steroid dienone is 2. The van der Waals surface area contributed by atoms with Crippen molar-refractivity contribution in [2.24, 2.45) is 11.8 Å². The Labute approximate surface area is 179 Å². The first kappa shape index (κ1) is 21.3. The number of ether oxygens (including phenoxy) is 1. The molecule has 2 N–H and O–H groups in total. The van der Waals surface area contributed by atoms with Crippen molar-refractivity contribution in [2.75, 3.05) is 0 Å².